The van der Waals surface area contributed by atoms with Gasteiger partial charge < -0.3 is 5.73 Å². The van der Waals surface area contributed by atoms with Crippen molar-refractivity contribution < 1.29 is 13.6 Å². The summed E-state index contributed by atoms with van der Waals surface area (Å²) in [7, 11) is 0. The number of rotatable bonds is 5. The molecule has 0 saturated heterocycles. The standard InChI is InChI=1S/C16H21F2NO/c17-14-5-4-12(9-15(14)18)8-13(20)10-16(11-19)6-2-1-3-7-16/h4-5,9H,1-3,6-8,10-11,19H2. The summed E-state index contributed by atoms with van der Waals surface area (Å²) >= 11 is 0. The Morgan fingerprint density at radius 2 is 1.85 bits per heavy atom. The van der Waals surface area contributed by atoms with E-state index in [1.165, 1.54) is 12.5 Å². The van der Waals surface area contributed by atoms with Crippen LogP contribution in [0, 0.1) is 17.0 Å². The molecule has 20 heavy (non-hydrogen) atoms. The molecule has 2 N–H and O–H groups in total. The average molecular weight is 281 g/mol. The second-order valence-corrected chi connectivity index (χ2v) is 5.91. The number of halogens is 2. The molecule has 1 fully saturated rings. The Kier molecular flexibility index (Phi) is 4.86. The van der Waals surface area contributed by atoms with Gasteiger partial charge in [-0.05, 0) is 42.5 Å². The molecule has 2 nitrogen and oxygen atoms in total. The molecular weight excluding hydrogens is 260 g/mol. The molecule has 0 aliphatic heterocycles. The van der Waals surface area contributed by atoms with Gasteiger partial charge in [0.2, 0.25) is 0 Å². The van der Waals surface area contributed by atoms with E-state index < -0.39 is 11.6 Å². The SMILES string of the molecule is NCC1(CC(=O)Cc2ccc(F)c(F)c2)CCCCC1. The summed E-state index contributed by atoms with van der Waals surface area (Å²) in [5, 5.41) is 0. The van der Waals surface area contributed by atoms with Gasteiger partial charge in [-0.1, -0.05) is 25.3 Å². The zero-order chi connectivity index (χ0) is 14.6. The quantitative estimate of drug-likeness (QED) is 0.899. The molecule has 4 heteroatoms. The van der Waals surface area contributed by atoms with E-state index in [9.17, 15) is 13.6 Å². The van der Waals surface area contributed by atoms with Crippen LogP contribution >= 0.6 is 0 Å². The number of carbonyl (C=O) groups excluding carboxylic acids is 1. The highest BCUT2D eigenvalue weighted by Gasteiger charge is 2.32. The van der Waals surface area contributed by atoms with E-state index in [0.717, 1.165) is 37.8 Å². The van der Waals surface area contributed by atoms with E-state index in [-0.39, 0.29) is 17.6 Å². The third kappa shape index (κ3) is 3.63. The summed E-state index contributed by atoms with van der Waals surface area (Å²) in [6, 6.07) is 3.63. The van der Waals surface area contributed by atoms with Crippen molar-refractivity contribution in [2.45, 2.75) is 44.9 Å². The first-order valence-corrected chi connectivity index (χ1v) is 7.20. The summed E-state index contributed by atoms with van der Waals surface area (Å²) < 4.78 is 26.0. The maximum absolute atomic E-state index is 13.1. The smallest absolute Gasteiger partial charge is 0.159 e. The van der Waals surface area contributed by atoms with E-state index in [2.05, 4.69) is 0 Å². The Bertz CT molecular complexity index is 481. The average Bonchev–Trinajstić information content (AvgIpc) is 2.44. The lowest BCUT2D eigenvalue weighted by Crippen LogP contribution is -2.35. The van der Waals surface area contributed by atoms with Crippen molar-refractivity contribution >= 4 is 5.78 Å². The summed E-state index contributed by atoms with van der Waals surface area (Å²) in [6.45, 7) is 0.524. The molecule has 1 aliphatic carbocycles. The zero-order valence-electron chi connectivity index (χ0n) is 11.6. The van der Waals surface area contributed by atoms with Crippen LogP contribution in [0.4, 0.5) is 8.78 Å². The molecule has 0 bridgehead atoms. The van der Waals surface area contributed by atoms with E-state index in [1.54, 1.807) is 0 Å². The molecule has 0 aromatic heterocycles. The molecule has 1 aromatic carbocycles. The molecule has 1 aliphatic rings. The normalized spacial score (nSPS) is 17.9. The van der Waals surface area contributed by atoms with Crippen LogP contribution in [0.25, 0.3) is 0 Å². The number of Topliss-reactive ketones (excluding diaryl/α,β-unsaturated/α-hetero) is 1. The fourth-order valence-corrected chi connectivity index (χ4v) is 3.11. The van der Waals surface area contributed by atoms with Crippen LogP contribution in [-0.4, -0.2) is 12.3 Å². The largest absolute Gasteiger partial charge is 0.330 e. The van der Waals surface area contributed by atoms with Crippen molar-refractivity contribution in [2.24, 2.45) is 11.1 Å². The van der Waals surface area contributed by atoms with Crippen molar-refractivity contribution in [3.63, 3.8) is 0 Å². The third-order valence-corrected chi connectivity index (χ3v) is 4.30. The Labute approximate surface area is 118 Å². The lowest BCUT2D eigenvalue weighted by molar-refractivity contribution is -0.121. The molecule has 1 aromatic rings. The van der Waals surface area contributed by atoms with Crippen molar-refractivity contribution in [1.82, 2.24) is 0 Å². The van der Waals surface area contributed by atoms with Gasteiger partial charge in [0.05, 0.1) is 0 Å². The number of nitrogens with two attached hydrogens (primary N) is 1. The first-order valence-electron chi connectivity index (χ1n) is 7.20. The topological polar surface area (TPSA) is 43.1 Å². The molecule has 0 amide bonds. The second kappa shape index (κ2) is 6.44. The van der Waals surface area contributed by atoms with Crippen molar-refractivity contribution in [2.75, 3.05) is 6.54 Å². The van der Waals surface area contributed by atoms with Crippen LogP contribution in [0.3, 0.4) is 0 Å². The highest BCUT2D eigenvalue weighted by molar-refractivity contribution is 5.81. The van der Waals surface area contributed by atoms with E-state index in [1.807, 2.05) is 0 Å². The Balaban J connectivity index is 1.98. The zero-order valence-corrected chi connectivity index (χ0v) is 11.6. The summed E-state index contributed by atoms with van der Waals surface area (Å²) in [6.07, 6.45) is 6.03. The van der Waals surface area contributed by atoms with Crippen LogP contribution in [0.1, 0.15) is 44.1 Å². The summed E-state index contributed by atoms with van der Waals surface area (Å²) in [4.78, 5) is 12.2. The molecular formula is C16H21F2NO. The first-order chi connectivity index (χ1) is 9.54. The number of hydrogen-bond acceptors (Lipinski definition) is 2. The molecule has 110 valence electrons. The van der Waals surface area contributed by atoms with Gasteiger partial charge in [0.15, 0.2) is 11.6 Å². The predicted molar refractivity (Wildman–Crippen MR) is 74.3 cm³/mol. The lowest BCUT2D eigenvalue weighted by Gasteiger charge is -2.35. The van der Waals surface area contributed by atoms with Crippen LogP contribution in [0.15, 0.2) is 18.2 Å². The van der Waals surface area contributed by atoms with Gasteiger partial charge in [0, 0.05) is 12.8 Å². The van der Waals surface area contributed by atoms with Crippen molar-refractivity contribution in [3.05, 3.63) is 35.4 Å². The molecule has 0 heterocycles. The number of hydrogen-bond donors (Lipinski definition) is 1. The molecule has 0 radical (unpaired) electrons. The van der Waals surface area contributed by atoms with E-state index in [0.29, 0.717) is 18.5 Å². The fourth-order valence-electron chi connectivity index (χ4n) is 3.11. The summed E-state index contributed by atoms with van der Waals surface area (Å²) in [5.74, 6) is -1.73. The number of ketones is 1. The van der Waals surface area contributed by atoms with Crippen LogP contribution in [0.2, 0.25) is 0 Å². The maximum atomic E-state index is 13.1. The molecule has 0 unspecified atom stereocenters. The van der Waals surface area contributed by atoms with Gasteiger partial charge in [0.1, 0.15) is 5.78 Å². The molecule has 0 atom stereocenters. The highest BCUT2D eigenvalue weighted by atomic mass is 19.2. The highest BCUT2D eigenvalue weighted by Crippen LogP contribution is 2.38. The van der Waals surface area contributed by atoms with Gasteiger partial charge in [-0.3, -0.25) is 4.79 Å². The minimum Gasteiger partial charge on any atom is -0.330 e. The molecule has 2 rings (SSSR count). The predicted octanol–water partition coefficient (Wildman–Crippen LogP) is 3.38. The van der Waals surface area contributed by atoms with Gasteiger partial charge in [-0.2, -0.15) is 0 Å². The second-order valence-electron chi connectivity index (χ2n) is 5.91. The maximum Gasteiger partial charge on any atom is 0.159 e. The number of carbonyl (C=O) groups is 1. The Morgan fingerprint density at radius 1 is 1.15 bits per heavy atom. The third-order valence-electron chi connectivity index (χ3n) is 4.30. The van der Waals surface area contributed by atoms with Gasteiger partial charge in [-0.25, -0.2) is 8.78 Å². The number of benzene rings is 1. The minimum absolute atomic E-state index is 0.0587. The Hall–Kier alpha value is -1.29. The Morgan fingerprint density at radius 3 is 2.45 bits per heavy atom. The monoisotopic (exact) mass is 281 g/mol. The molecule has 0 spiro atoms. The minimum atomic E-state index is -0.901. The molecule has 1 saturated carbocycles. The van der Waals surface area contributed by atoms with Crippen LogP contribution in [-0.2, 0) is 11.2 Å². The van der Waals surface area contributed by atoms with Gasteiger partial charge >= 0.3 is 0 Å². The fraction of sp³-hybridized carbons (Fsp3) is 0.562. The lowest BCUT2D eigenvalue weighted by atomic mass is 9.70. The van der Waals surface area contributed by atoms with Crippen molar-refractivity contribution in [1.29, 1.82) is 0 Å². The first kappa shape index (κ1) is 15.1. The van der Waals surface area contributed by atoms with Crippen LogP contribution in [0.5, 0.6) is 0 Å². The van der Waals surface area contributed by atoms with Gasteiger partial charge in [0.25, 0.3) is 0 Å². The van der Waals surface area contributed by atoms with Gasteiger partial charge in [-0.15, -0.1) is 0 Å². The van der Waals surface area contributed by atoms with Crippen LogP contribution < -0.4 is 5.73 Å². The summed E-state index contributed by atoms with van der Waals surface area (Å²) in [5.41, 5.74) is 6.31. The van der Waals surface area contributed by atoms with Crippen molar-refractivity contribution in [3.8, 4) is 0 Å². The van der Waals surface area contributed by atoms with E-state index in [4.69, 9.17) is 5.73 Å². The van der Waals surface area contributed by atoms with E-state index >= 15 is 0 Å².